The van der Waals surface area contributed by atoms with Crippen molar-refractivity contribution in [2.45, 2.75) is 31.7 Å². The normalized spacial score (nSPS) is 22.1. The predicted octanol–water partition coefficient (Wildman–Crippen LogP) is 0.805. The van der Waals surface area contributed by atoms with Crippen molar-refractivity contribution in [2.24, 2.45) is 5.92 Å². The largest absolute Gasteiger partial charge is 0.355 e. The average molecular weight is 289 g/mol. The molecule has 1 saturated carbocycles. The summed E-state index contributed by atoms with van der Waals surface area (Å²) in [6.45, 7) is 3.15. The maximum absolute atomic E-state index is 11.5. The van der Waals surface area contributed by atoms with Crippen LogP contribution in [0.15, 0.2) is 12.1 Å². The molecule has 1 atom stereocenters. The molecule has 6 heteroatoms. The molecule has 1 saturated heterocycles. The fourth-order valence-electron chi connectivity index (χ4n) is 2.80. The summed E-state index contributed by atoms with van der Waals surface area (Å²) in [5.41, 5.74) is 0.366. The molecule has 2 aliphatic rings. The summed E-state index contributed by atoms with van der Waals surface area (Å²) < 4.78 is 0. The van der Waals surface area contributed by atoms with Gasteiger partial charge in [-0.1, -0.05) is 0 Å². The first-order chi connectivity index (χ1) is 10.3. The summed E-state index contributed by atoms with van der Waals surface area (Å²) in [5, 5.41) is 14.4. The average Bonchev–Trinajstić information content (AvgIpc) is 3.37. The van der Waals surface area contributed by atoms with Gasteiger partial charge in [-0.2, -0.15) is 0 Å². The maximum Gasteiger partial charge on any atom is 0.271 e. The Hall–Kier alpha value is -1.69. The van der Waals surface area contributed by atoms with E-state index in [4.69, 9.17) is 0 Å². The number of amides is 1. The van der Waals surface area contributed by atoms with Gasteiger partial charge in [0.2, 0.25) is 0 Å². The van der Waals surface area contributed by atoms with Gasteiger partial charge in [0.25, 0.3) is 5.91 Å². The molecule has 21 heavy (non-hydrogen) atoms. The van der Waals surface area contributed by atoms with Crippen LogP contribution in [0.3, 0.4) is 0 Å². The van der Waals surface area contributed by atoms with Crippen LogP contribution in [0.4, 0.5) is 5.82 Å². The van der Waals surface area contributed by atoms with Crippen molar-refractivity contribution >= 4 is 11.7 Å². The van der Waals surface area contributed by atoms with Crippen LogP contribution < -0.4 is 15.5 Å². The second-order valence-electron chi connectivity index (χ2n) is 5.99. The van der Waals surface area contributed by atoms with E-state index in [-0.39, 0.29) is 5.91 Å². The standard InChI is InChI=1S/C15H23N5O/c1-16-15(21)13-6-7-14(19-18-13)20-8-2-3-11(10-20)9-17-12-4-5-12/h6-7,11-12,17H,2-5,8-10H2,1H3,(H,16,21). The number of nitrogens with one attached hydrogen (secondary N) is 2. The van der Waals surface area contributed by atoms with Gasteiger partial charge in [0, 0.05) is 26.2 Å². The number of carbonyl (C=O) groups is 1. The van der Waals surface area contributed by atoms with E-state index in [2.05, 4.69) is 25.7 Å². The highest BCUT2D eigenvalue weighted by Gasteiger charge is 2.25. The predicted molar refractivity (Wildman–Crippen MR) is 81.4 cm³/mol. The van der Waals surface area contributed by atoms with Gasteiger partial charge in [-0.05, 0) is 50.3 Å². The molecular formula is C15H23N5O. The molecule has 0 aromatic carbocycles. The SMILES string of the molecule is CNC(=O)c1ccc(N2CCCC(CNC3CC3)C2)nn1. The van der Waals surface area contributed by atoms with Gasteiger partial charge in [0.1, 0.15) is 0 Å². The van der Waals surface area contributed by atoms with Crippen molar-refractivity contribution in [2.75, 3.05) is 31.6 Å². The third-order valence-electron chi connectivity index (χ3n) is 4.23. The first-order valence-corrected chi connectivity index (χ1v) is 7.80. The van der Waals surface area contributed by atoms with E-state index < -0.39 is 0 Å². The summed E-state index contributed by atoms with van der Waals surface area (Å²) >= 11 is 0. The molecule has 1 amide bonds. The van der Waals surface area contributed by atoms with Crippen molar-refractivity contribution in [3.63, 3.8) is 0 Å². The number of anilines is 1. The molecule has 3 rings (SSSR count). The van der Waals surface area contributed by atoms with E-state index in [0.29, 0.717) is 11.6 Å². The van der Waals surface area contributed by atoms with Gasteiger partial charge in [-0.25, -0.2) is 0 Å². The lowest BCUT2D eigenvalue weighted by Crippen LogP contribution is -2.40. The number of piperidine rings is 1. The third-order valence-corrected chi connectivity index (χ3v) is 4.23. The molecular weight excluding hydrogens is 266 g/mol. The van der Waals surface area contributed by atoms with Crippen LogP contribution in [0.5, 0.6) is 0 Å². The van der Waals surface area contributed by atoms with Gasteiger partial charge in [0.15, 0.2) is 11.5 Å². The van der Waals surface area contributed by atoms with E-state index in [1.165, 1.54) is 25.7 Å². The van der Waals surface area contributed by atoms with Crippen molar-refractivity contribution in [3.05, 3.63) is 17.8 Å². The number of rotatable bonds is 5. The topological polar surface area (TPSA) is 70.2 Å². The van der Waals surface area contributed by atoms with Crippen LogP contribution in [0.2, 0.25) is 0 Å². The molecule has 2 fully saturated rings. The Bertz CT molecular complexity index is 485. The lowest BCUT2D eigenvalue weighted by atomic mass is 9.98. The van der Waals surface area contributed by atoms with Crippen molar-refractivity contribution in [1.29, 1.82) is 0 Å². The van der Waals surface area contributed by atoms with Gasteiger partial charge < -0.3 is 15.5 Å². The van der Waals surface area contributed by atoms with E-state index in [0.717, 1.165) is 31.5 Å². The Kier molecular flexibility index (Phi) is 4.34. The van der Waals surface area contributed by atoms with Gasteiger partial charge in [-0.3, -0.25) is 4.79 Å². The summed E-state index contributed by atoms with van der Waals surface area (Å²) in [6.07, 6.45) is 5.14. The lowest BCUT2D eigenvalue weighted by Gasteiger charge is -2.33. The van der Waals surface area contributed by atoms with Crippen LogP contribution in [-0.2, 0) is 0 Å². The van der Waals surface area contributed by atoms with Crippen LogP contribution in [0.1, 0.15) is 36.2 Å². The summed E-state index contributed by atoms with van der Waals surface area (Å²) in [4.78, 5) is 13.8. The number of nitrogens with zero attached hydrogens (tertiary/aromatic N) is 3. The first-order valence-electron chi connectivity index (χ1n) is 7.80. The molecule has 0 radical (unpaired) electrons. The molecule has 1 aliphatic carbocycles. The van der Waals surface area contributed by atoms with Crippen LogP contribution in [0.25, 0.3) is 0 Å². The highest BCUT2D eigenvalue weighted by atomic mass is 16.1. The van der Waals surface area contributed by atoms with Gasteiger partial charge in [0.05, 0.1) is 0 Å². The number of aromatic nitrogens is 2. The molecule has 2 N–H and O–H groups in total. The third kappa shape index (κ3) is 3.69. The molecule has 1 aromatic heterocycles. The molecule has 2 heterocycles. The zero-order valence-corrected chi connectivity index (χ0v) is 12.5. The van der Waals surface area contributed by atoms with Crippen molar-refractivity contribution < 1.29 is 4.79 Å². The smallest absolute Gasteiger partial charge is 0.271 e. The fourth-order valence-corrected chi connectivity index (χ4v) is 2.80. The minimum absolute atomic E-state index is 0.195. The van der Waals surface area contributed by atoms with E-state index in [9.17, 15) is 4.79 Å². The highest BCUT2D eigenvalue weighted by Crippen LogP contribution is 2.23. The van der Waals surface area contributed by atoms with E-state index >= 15 is 0 Å². The molecule has 1 unspecified atom stereocenters. The molecule has 1 aromatic rings. The maximum atomic E-state index is 11.5. The van der Waals surface area contributed by atoms with Crippen molar-refractivity contribution in [3.8, 4) is 0 Å². The molecule has 6 nitrogen and oxygen atoms in total. The second kappa shape index (κ2) is 6.39. The fraction of sp³-hybridized carbons (Fsp3) is 0.667. The highest BCUT2D eigenvalue weighted by molar-refractivity contribution is 5.91. The molecule has 0 bridgehead atoms. The summed E-state index contributed by atoms with van der Waals surface area (Å²) in [7, 11) is 1.60. The summed E-state index contributed by atoms with van der Waals surface area (Å²) in [5.74, 6) is 1.36. The summed E-state index contributed by atoms with van der Waals surface area (Å²) in [6, 6.07) is 4.41. The van der Waals surface area contributed by atoms with Gasteiger partial charge >= 0.3 is 0 Å². The van der Waals surface area contributed by atoms with Gasteiger partial charge in [-0.15, -0.1) is 10.2 Å². The Morgan fingerprint density at radius 2 is 2.19 bits per heavy atom. The number of carbonyl (C=O) groups excluding carboxylic acids is 1. The molecule has 114 valence electrons. The van der Waals surface area contributed by atoms with Crippen molar-refractivity contribution in [1.82, 2.24) is 20.8 Å². The lowest BCUT2D eigenvalue weighted by molar-refractivity contribution is 0.0957. The van der Waals surface area contributed by atoms with Crippen LogP contribution in [-0.4, -0.2) is 48.8 Å². The Morgan fingerprint density at radius 1 is 1.33 bits per heavy atom. The van der Waals surface area contributed by atoms with Crippen LogP contribution in [0, 0.1) is 5.92 Å². The monoisotopic (exact) mass is 289 g/mol. The molecule has 0 spiro atoms. The number of hydrogen-bond donors (Lipinski definition) is 2. The Morgan fingerprint density at radius 3 is 2.86 bits per heavy atom. The zero-order valence-electron chi connectivity index (χ0n) is 12.5. The van der Waals surface area contributed by atoms with Crippen LogP contribution >= 0.6 is 0 Å². The Labute approximate surface area is 125 Å². The first kappa shape index (κ1) is 14.3. The number of hydrogen-bond acceptors (Lipinski definition) is 5. The quantitative estimate of drug-likeness (QED) is 0.839. The minimum Gasteiger partial charge on any atom is -0.355 e. The molecule has 1 aliphatic heterocycles. The van der Waals surface area contributed by atoms with E-state index in [1.807, 2.05) is 6.07 Å². The zero-order chi connectivity index (χ0) is 14.7. The van der Waals surface area contributed by atoms with E-state index in [1.54, 1.807) is 13.1 Å². The Balaban J connectivity index is 1.58. The second-order valence-corrected chi connectivity index (χ2v) is 5.99. The minimum atomic E-state index is -0.195.